The molecule has 3 heterocycles. The summed E-state index contributed by atoms with van der Waals surface area (Å²) in [4.78, 5) is 38.8. The van der Waals surface area contributed by atoms with Crippen LogP contribution in [0.25, 0.3) is 5.65 Å². The average Bonchev–Trinajstić information content (AvgIpc) is 3.11. The van der Waals surface area contributed by atoms with E-state index in [-0.39, 0.29) is 24.1 Å². The number of rotatable bonds is 4. The quantitative estimate of drug-likeness (QED) is 0.662. The number of carbonyl (C=O) groups excluding carboxylic acids is 2. The predicted octanol–water partition coefficient (Wildman–Crippen LogP) is 2.46. The summed E-state index contributed by atoms with van der Waals surface area (Å²) in [6.07, 6.45) is 0.403. The van der Waals surface area contributed by atoms with Crippen molar-refractivity contribution in [3.63, 3.8) is 0 Å². The molecule has 8 heteroatoms. The molecule has 30 heavy (non-hydrogen) atoms. The smallest absolute Gasteiger partial charge is 0.310 e. The normalized spacial score (nSPS) is 14.9. The molecule has 7 nitrogen and oxygen atoms in total. The third-order valence-corrected chi connectivity index (χ3v) is 5.45. The summed E-state index contributed by atoms with van der Waals surface area (Å²) in [5.74, 6) is -0.621. The number of benzene rings is 1. The van der Waals surface area contributed by atoms with Crippen LogP contribution in [0.3, 0.4) is 0 Å². The summed E-state index contributed by atoms with van der Waals surface area (Å²) in [7, 11) is 0. The third-order valence-electron chi connectivity index (χ3n) is 5.45. The number of Topliss-reactive ketones (excluding diaryl/α,β-unsaturated/α-hetero) is 1. The fourth-order valence-corrected chi connectivity index (χ4v) is 4.19. The number of hydrogen-bond acceptors (Lipinski definition) is 4. The number of carbonyl (C=O) groups is 2. The van der Waals surface area contributed by atoms with Crippen LogP contribution >= 0.6 is 0 Å². The van der Waals surface area contributed by atoms with Crippen LogP contribution in [0, 0.1) is 5.82 Å². The van der Waals surface area contributed by atoms with Crippen molar-refractivity contribution < 1.29 is 14.0 Å². The second kappa shape index (κ2) is 6.90. The Hall–Kier alpha value is -3.29. The molecule has 0 saturated carbocycles. The molecule has 0 atom stereocenters. The van der Waals surface area contributed by atoms with Crippen molar-refractivity contribution >= 4 is 23.0 Å². The van der Waals surface area contributed by atoms with Gasteiger partial charge in [0.25, 0.3) is 0 Å². The molecule has 0 unspecified atom stereocenters. The molecule has 156 valence electrons. The van der Waals surface area contributed by atoms with Gasteiger partial charge in [-0.2, -0.15) is 0 Å². The molecule has 0 saturated heterocycles. The van der Waals surface area contributed by atoms with Crippen LogP contribution in [-0.4, -0.2) is 32.4 Å². The van der Waals surface area contributed by atoms with Crippen molar-refractivity contribution in [2.75, 3.05) is 11.4 Å². The highest BCUT2D eigenvalue weighted by molar-refractivity contribution is 5.95. The highest BCUT2D eigenvalue weighted by atomic mass is 19.1. The second-order valence-corrected chi connectivity index (χ2v) is 8.50. The van der Waals surface area contributed by atoms with Gasteiger partial charge in [0.15, 0.2) is 11.4 Å². The Morgan fingerprint density at radius 1 is 1.17 bits per heavy atom. The number of halogens is 1. The van der Waals surface area contributed by atoms with E-state index in [1.165, 1.54) is 35.1 Å². The molecule has 1 aliphatic heterocycles. The highest BCUT2D eigenvalue weighted by Gasteiger charge is 2.41. The van der Waals surface area contributed by atoms with Gasteiger partial charge in [-0.15, -0.1) is 5.10 Å². The number of nitrogens with zero attached hydrogens (tertiary/aromatic N) is 4. The molecular weight excluding hydrogens is 387 g/mol. The van der Waals surface area contributed by atoms with Crippen molar-refractivity contribution in [3.8, 4) is 0 Å². The number of amides is 1. The van der Waals surface area contributed by atoms with Gasteiger partial charge in [-0.1, -0.05) is 26.0 Å². The maximum atomic E-state index is 13.3. The van der Waals surface area contributed by atoms with Crippen molar-refractivity contribution in [2.24, 2.45) is 0 Å². The van der Waals surface area contributed by atoms with E-state index in [9.17, 15) is 18.8 Å². The van der Waals surface area contributed by atoms with E-state index in [0.717, 1.165) is 11.1 Å². The monoisotopic (exact) mass is 410 g/mol. The molecule has 0 aliphatic carbocycles. The van der Waals surface area contributed by atoms with Crippen LogP contribution in [0.1, 0.15) is 44.5 Å². The number of fused-ring (bicyclic) bond motifs is 3. The Bertz CT molecular complexity index is 1240. The topological polar surface area (TPSA) is 76.7 Å². The number of aromatic nitrogens is 3. The van der Waals surface area contributed by atoms with Crippen LogP contribution in [0.15, 0.2) is 35.1 Å². The van der Waals surface area contributed by atoms with Gasteiger partial charge in [0.1, 0.15) is 12.4 Å². The van der Waals surface area contributed by atoms with E-state index < -0.39 is 11.1 Å². The third kappa shape index (κ3) is 3.22. The van der Waals surface area contributed by atoms with Gasteiger partial charge in [-0.05, 0) is 30.7 Å². The standard InChI is InChI=1S/C22H23FN4O3/c1-13(28)11-26-21(30)27-19-18(25(14(2)29)12-22(19,3)4)10-16(20(27)24-26)9-15-5-7-17(23)8-6-15/h5-8,10H,9,11-12H2,1-4H3. The van der Waals surface area contributed by atoms with Crippen LogP contribution in [0.5, 0.6) is 0 Å². The first-order valence-corrected chi connectivity index (χ1v) is 9.76. The van der Waals surface area contributed by atoms with Crippen molar-refractivity contribution in [1.82, 2.24) is 14.2 Å². The molecule has 0 spiro atoms. The fourth-order valence-electron chi connectivity index (χ4n) is 4.19. The number of pyridine rings is 1. The lowest BCUT2D eigenvalue weighted by Gasteiger charge is -2.19. The van der Waals surface area contributed by atoms with E-state index in [2.05, 4.69) is 5.10 Å². The van der Waals surface area contributed by atoms with E-state index in [0.29, 0.717) is 30.0 Å². The molecule has 0 bridgehead atoms. The lowest BCUT2D eigenvalue weighted by Crippen LogP contribution is -2.33. The molecule has 4 rings (SSSR count). The lowest BCUT2D eigenvalue weighted by molar-refractivity contribution is -0.118. The van der Waals surface area contributed by atoms with Crippen molar-refractivity contribution in [3.05, 3.63) is 63.5 Å². The zero-order chi connectivity index (χ0) is 21.8. The molecule has 2 aromatic heterocycles. The second-order valence-electron chi connectivity index (χ2n) is 8.50. The van der Waals surface area contributed by atoms with E-state index in [1.54, 1.807) is 17.0 Å². The maximum Gasteiger partial charge on any atom is 0.351 e. The Morgan fingerprint density at radius 3 is 2.43 bits per heavy atom. The minimum Gasteiger partial charge on any atom is -0.310 e. The minimum atomic E-state index is -0.471. The highest BCUT2D eigenvalue weighted by Crippen LogP contribution is 2.41. The lowest BCUT2D eigenvalue weighted by atomic mass is 9.90. The fraction of sp³-hybridized carbons (Fsp3) is 0.364. The van der Waals surface area contributed by atoms with Gasteiger partial charge in [-0.25, -0.2) is 18.3 Å². The van der Waals surface area contributed by atoms with Gasteiger partial charge < -0.3 is 4.90 Å². The largest absolute Gasteiger partial charge is 0.351 e. The Kier molecular flexibility index (Phi) is 4.60. The number of anilines is 1. The summed E-state index contributed by atoms with van der Waals surface area (Å²) >= 11 is 0. The summed E-state index contributed by atoms with van der Waals surface area (Å²) in [6, 6.07) is 8.00. The number of ketones is 1. The molecule has 1 aliphatic rings. The van der Waals surface area contributed by atoms with Crippen LogP contribution in [0.4, 0.5) is 10.1 Å². The van der Waals surface area contributed by atoms with E-state index in [4.69, 9.17) is 0 Å². The van der Waals surface area contributed by atoms with Gasteiger partial charge in [0.05, 0.1) is 11.4 Å². The van der Waals surface area contributed by atoms with E-state index >= 15 is 0 Å². The molecule has 0 fully saturated rings. The van der Waals surface area contributed by atoms with E-state index in [1.807, 2.05) is 19.9 Å². The maximum absolute atomic E-state index is 13.3. The van der Waals surface area contributed by atoms with Gasteiger partial charge in [0.2, 0.25) is 5.91 Å². The Morgan fingerprint density at radius 2 is 1.83 bits per heavy atom. The van der Waals surface area contributed by atoms with Crippen LogP contribution in [0.2, 0.25) is 0 Å². The molecule has 0 radical (unpaired) electrons. The first kappa shape index (κ1) is 20.0. The summed E-state index contributed by atoms with van der Waals surface area (Å²) in [5, 5.41) is 4.45. The number of hydrogen-bond donors (Lipinski definition) is 0. The van der Waals surface area contributed by atoms with Gasteiger partial charge in [0, 0.05) is 30.9 Å². The molecule has 1 amide bonds. The molecular formula is C22H23FN4O3. The first-order chi connectivity index (χ1) is 14.1. The zero-order valence-electron chi connectivity index (χ0n) is 17.4. The SMILES string of the molecule is CC(=O)Cn1nc2c(Cc3ccc(F)cc3)cc3c(n2c1=O)C(C)(C)CN3C(C)=O. The van der Waals surface area contributed by atoms with Crippen LogP contribution < -0.4 is 10.6 Å². The first-order valence-electron chi connectivity index (χ1n) is 9.76. The molecule has 1 aromatic carbocycles. The van der Waals surface area contributed by atoms with Gasteiger partial charge >= 0.3 is 5.69 Å². The predicted molar refractivity (Wildman–Crippen MR) is 110 cm³/mol. The van der Waals surface area contributed by atoms with Crippen molar-refractivity contribution in [2.45, 2.75) is 46.1 Å². The van der Waals surface area contributed by atoms with Crippen LogP contribution in [-0.2, 0) is 28.0 Å². The molecule has 3 aromatic rings. The minimum absolute atomic E-state index is 0.113. The summed E-state index contributed by atoms with van der Waals surface area (Å²) < 4.78 is 16.0. The Labute approximate surface area is 172 Å². The Balaban J connectivity index is 2.01. The molecule has 0 N–H and O–H groups in total. The summed E-state index contributed by atoms with van der Waals surface area (Å²) in [5.41, 5.74) is 2.51. The van der Waals surface area contributed by atoms with Gasteiger partial charge in [-0.3, -0.25) is 9.59 Å². The summed E-state index contributed by atoms with van der Waals surface area (Å²) in [6.45, 7) is 7.17. The average molecular weight is 410 g/mol. The zero-order valence-corrected chi connectivity index (χ0v) is 17.4. The van der Waals surface area contributed by atoms with Crippen molar-refractivity contribution in [1.29, 1.82) is 0 Å².